The second-order valence-corrected chi connectivity index (χ2v) is 5.74. The van der Waals surface area contributed by atoms with Gasteiger partial charge < -0.3 is 15.0 Å². The fourth-order valence-corrected chi connectivity index (χ4v) is 3.39. The van der Waals surface area contributed by atoms with Crippen molar-refractivity contribution in [3.8, 4) is 0 Å². The number of amides is 1. The molecular weight excluding hydrogens is 294 g/mol. The predicted octanol–water partition coefficient (Wildman–Crippen LogP) is 1.61. The van der Waals surface area contributed by atoms with E-state index in [9.17, 15) is 14.9 Å². The Morgan fingerprint density at radius 1 is 1.57 bits per heavy atom. The van der Waals surface area contributed by atoms with Crippen molar-refractivity contribution in [2.24, 2.45) is 0 Å². The minimum absolute atomic E-state index is 0.0251. The quantitative estimate of drug-likeness (QED) is 0.632. The molecule has 3 rings (SSSR count). The molecule has 0 saturated carbocycles. The van der Waals surface area contributed by atoms with E-state index in [1.807, 2.05) is 22.4 Å². The molecule has 1 saturated heterocycles. The smallest absolute Gasteiger partial charge is 0.390 e. The van der Waals surface area contributed by atoms with Gasteiger partial charge in [0.2, 0.25) is 12.2 Å². The van der Waals surface area contributed by atoms with E-state index in [1.165, 1.54) is 15.9 Å². The Morgan fingerprint density at radius 2 is 2.43 bits per heavy atom. The van der Waals surface area contributed by atoms with E-state index in [4.69, 9.17) is 0 Å². The van der Waals surface area contributed by atoms with Crippen LogP contribution < -0.4 is 0 Å². The summed E-state index contributed by atoms with van der Waals surface area (Å²) in [4.78, 5) is 28.8. The van der Waals surface area contributed by atoms with Gasteiger partial charge in [0.25, 0.3) is 0 Å². The van der Waals surface area contributed by atoms with E-state index in [-0.39, 0.29) is 18.5 Å². The molecule has 1 fully saturated rings. The van der Waals surface area contributed by atoms with Crippen molar-refractivity contribution < 1.29 is 9.72 Å². The van der Waals surface area contributed by atoms with Gasteiger partial charge in [-0.25, -0.2) is 0 Å². The highest BCUT2D eigenvalue weighted by Gasteiger charge is 2.31. The first-order valence-electron chi connectivity index (χ1n) is 6.52. The normalized spacial score (nSPS) is 18.1. The fraction of sp³-hybridized carbons (Fsp3) is 0.417. The van der Waals surface area contributed by atoms with Crippen molar-refractivity contribution in [3.63, 3.8) is 0 Å². The van der Waals surface area contributed by atoms with Gasteiger partial charge in [-0.15, -0.1) is 11.3 Å². The Hall–Kier alpha value is -2.29. The fourth-order valence-electron chi connectivity index (χ4n) is 2.52. The molecule has 1 atom stereocenters. The number of likely N-dealkylation sites (tertiary alicyclic amines) is 1. The highest BCUT2D eigenvalue weighted by Crippen LogP contribution is 2.34. The molecule has 0 spiro atoms. The summed E-state index contributed by atoms with van der Waals surface area (Å²) in [6.45, 7) is 0.681. The predicted molar refractivity (Wildman–Crippen MR) is 74.7 cm³/mol. The standard InChI is InChI=1S/C12H13N5O3S/c18-11(7-15-8-13-12(14-15)17(19)20)16-5-1-3-9(16)10-4-2-6-21-10/h2,4,6,8-9H,1,3,5,7H2/t9-/m0/s1. The molecule has 3 heterocycles. The summed E-state index contributed by atoms with van der Waals surface area (Å²) in [5.41, 5.74) is 0. The summed E-state index contributed by atoms with van der Waals surface area (Å²) < 4.78 is 1.21. The van der Waals surface area contributed by atoms with Gasteiger partial charge in [0.15, 0.2) is 0 Å². The number of aromatic nitrogens is 3. The van der Waals surface area contributed by atoms with Crippen LogP contribution in [0.1, 0.15) is 23.8 Å². The van der Waals surface area contributed by atoms with Crippen LogP contribution in [0.5, 0.6) is 0 Å². The third kappa shape index (κ3) is 2.77. The average molecular weight is 307 g/mol. The zero-order valence-electron chi connectivity index (χ0n) is 11.1. The van der Waals surface area contributed by atoms with E-state index in [0.717, 1.165) is 12.8 Å². The molecule has 0 unspecified atom stereocenters. The van der Waals surface area contributed by atoms with Gasteiger partial charge in [0, 0.05) is 16.5 Å². The van der Waals surface area contributed by atoms with Crippen LogP contribution in [0.3, 0.4) is 0 Å². The molecule has 8 nitrogen and oxygen atoms in total. The minimum atomic E-state index is -0.675. The number of hydrogen-bond donors (Lipinski definition) is 0. The summed E-state index contributed by atoms with van der Waals surface area (Å²) >= 11 is 1.64. The molecule has 0 aromatic carbocycles. The molecule has 1 amide bonds. The van der Waals surface area contributed by atoms with E-state index in [0.29, 0.717) is 6.54 Å². The first kappa shape index (κ1) is 13.7. The Kier molecular flexibility index (Phi) is 3.65. The molecule has 2 aromatic heterocycles. The summed E-state index contributed by atoms with van der Waals surface area (Å²) in [6.07, 6.45) is 3.13. The van der Waals surface area contributed by atoms with Crippen molar-refractivity contribution in [1.29, 1.82) is 0 Å². The number of nitrogens with zero attached hydrogens (tertiary/aromatic N) is 5. The third-order valence-electron chi connectivity index (χ3n) is 3.43. The minimum Gasteiger partial charge on any atom is -0.390 e. The summed E-state index contributed by atoms with van der Waals surface area (Å²) in [5.74, 6) is -0.579. The Labute approximate surface area is 124 Å². The number of carbonyl (C=O) groups is 1. The molecule has 0 aliphatic carbocycles. The summed E-state index contributed by atoms with van der Waals surface area (Å²) in [7, 11) is 0. The van der Waals surface area contributed by atoms with Gasteiger partial charge in [-0.3, -0.25) is 4.79 Å². The number of hydrogen-bond acceptors (Lipinski definition) is 6. The SMILES string of the molecule is O=C(Cn1cnc([N+](=O)[O-])n1)N1CCC[C@H]1c1cccs1. The largest absolute Gasteiger partial charge is 0.490 e. The van der Waals surface area contributed by atoms with Gasteiger partial charge in [0.1, 0.15) is 6.54 Å². The Balaban J connectivity index is 1.70. The van der Waals surface area contributed by atoms with E-state index >= 15 is 0 Å². The lowest BCUT2D eigenvalue weighted by Gasteiger charge is -2.23. The highest BCUT2D eigenvalue weighted by atomic mass is 32.1. The van der Waals surface area contributed by atoms with E-state index in [2.05, 4.69) is 10.1 Å². The monoisotopic (exact) mass is 307 g/mol. The number of carbonyl (C=O) groups excluding carboxylic acids is 1. The lowest BCUT2D eigenvalue weighted by Crippen LogP contribution is -2.33. The average Bonchev–Trinajstić information content (AvgIpc) is 3.19. The zero-order chi connectivity index (χ0) is 14.8. The van der Waals surface area contributed by atoms with Gasteiger partial charge in [-0.05, 0) is 29.2 Å². The van der Waals surface area contributed by atoms with Crippen LogP contribution >= 0.6 is 11.3 Å². The van der Waals surface area contributed by atoms with Gasteiger partial charge in [0.05, 0.1) is 6.04 Å². The number of thiophene rings is 1. The maximum Gasteiger partial charge on any atom is 0.490 e. The van der Waals surface area contributed by atoms with Crippen LogP contribution in [0.4, 0.5) is 5.95 Å². The molecule has 1 aliphatic heterocycles. The Bertz CT molecular complexity index is 654. The molecule has 0 radical (unpaired) electrons. The van der Waals surface area contributed by atoms with Crippen LogP contribution in [0.25, 0.3) is 0 Å². The molecule has 0 N–H and O–H groups in total. The van der Waals surface area contributed by atoms with Crippen molar-refractivity contribution >= 4 is 23.2 Å². The van der Waals surface area contributed by atoms with Gasteiger partial charge >= 0.3 is 5.95 Å². The van der Waals surface area contributed by atoms with Crippen molar-refractivity contribution in [1.82, 2.24) is 19.7 Å². The molecular formula is C12H13N5O3S. The molecule has 0 bridgehead atoms. The van der Waals surface area contributed by atoms with Crippen LogP contribution in [0.15, 0.2) is 23.8 Å². The van der Waals surface area contributed by atoms with Crippen LogP contribution in [0, 0.1) is 10.1 Å². The highest BCUT2D eigenvalue weighted by molar-refractivity contribution is 7.10. The summed E-state index contributed by atoms with van der Waals surface area (Å²) in [5, 5.41) is 16.2. The number of nitro groups is 1. The third-order valence-corrected chi connectivity index (χ3v) is 4.40. The van der Waals surface area contributed by atoms with Crippen LogP contribution in [0.2, 0.25) is 0 Å². The maximum atomic E-state index is 12.4. The van der Waals surface area contributed by atoms with Crippen molar-refractivity contribution in [3.05, 3.63) is 38.8 Å². The van der Waals surface area contributed by atoms with Gasteiger partial charge in [-0.2, -0.15) is 4.68 Å². The Morgan fingerprint density at radius 3 is 3.10 bits per heavy atom. The molecule has 21 heavy (non-hydrogen) atoms. The van der Waals surface area contributed by atoms with Crippen molar-refractivity contribution in [2.45, 2.75) is 25.4 Å². The van der Waals surface area contributed by atoms with Crippen molar-refractivity contribution in [2.75, 3.05) is 6.54 Å². The second kappa shape index (κ2) is 5.60. The topological polar surface area (TPSA) is 94.2 Å². The summed E-state index contributed by atoms with van der Waals surface area (Å²) in [6, 6.07) is 4.11. The lowest BCUT2D eigenvalue weighted by atomic mass is 10.2. The van der Waals surface area contributed by atoms with E-state index < -0.39 is 10.9 Å². The molecule has 2 aromatic rings. The second-order valence-electron chi connectivity index (χ2n) is 4.76. The van der Waals surface area contributed by atoms with Crippen LogP contribution in [-0.4, -0.2) is 37.0 Å². The van der Waals surface area contributed by atoms with Crippen LogP contribution in [-0.2, 0) is 11.3 Å². The number of rotatable bonds is 4. The first-order valence-corrected chi connectivity index (χ1v) is 7.40. The molecule has 110 valence electrons. The molecule has 1 aliphatic rings. The van der Waals surface area contributed by atoms with E-state index in [1.54, 1.807) is 11.3 Å². The zero-order valence-corrected chi connectivity index (χ0v) is 11.9. The van der Waals surface area contributed by atoms with Gasteiger partial charge in [-0.1, -0.05) is 11.1 Å². The maximum absolute atomic E-state index is 12.4. The first-order chi connectivity index (χ1) is 10.1. The lowest BCUT2D eigenvalue weighted by molar-refractivity contribution is -0.394. The molecule has 9 heteroatoms.